The van der Waals surface area contributed by atoms with Crippen molar-refractivity contribution < 1.29 is 13.9 Å². The van der Waals surface area contributed by atoms with E-state index in [1.165, 1.54) is 0 Å². The maximum absolute atomic E-state index is 11.9. The first-order chi connectivity index (χ1) is 7.31. The van der Waals surface area contributed by atoms with Gasteiger partial charge in [-0.25, -0.2) is 0 Å². The fraction of sp³-hybridized carbons (Fsp3) is 0.455. The Labute approximate surface area is 89.2 Å². The molecule has 0 atom stereocenters. The van der Waals surface area contributed by atoms with Gasteiger partial charge in [0, 0.05) is 12.6 Å². The molecule has 0 saturated carbocycles. The van der Waals surface area contributed by atoms with Gasteiger partial charge in [0.2, 0.25) is 0 Å². The highest BCUT2D eigenvalue weighted by Crippen LogP contribution is 2.28. The summed E-state index contributed by atoms with van der Waals surface area (Å²) in [7, 11) is 3.19. The zero-order chi connectivity index (χ0) is 11.1. The number of hydrogen-bond acceptors (Lipinski definition) is 3. The second kappa shape index (κ2) is 6.11. The third-order valence-corrected chi connectivity index (χ3v) is 2.03. The normalized spacial score (nSPS) is 9.80. The van der Waals surface area contributed by atoms with Crippen molar-refractivity contribution in [3.8, 4) is 11.5 Å². The Balaban J connectivity index is 2.69. The molecule has 0 aliphatic heterocycles. The smallest absolute Gasteiger partial charge is 0.145 e. The van der Waals surface area contributed by atoms with Crippen LogP contribution in [-0.2, 0) is 0 Å². The molecule has 0 aromatic heterocycles. The van der Waals surface area contributed by atoms with Crippen molar-refractivity contribution in [2.24, 2.45) is 0 Å². The molecule has 84 valence electrons. The quantitative estimate of drug-likeness (QED) is 0.736. The summed E-state index contributed by atoms with van der Waals surface area (Å²) in [6.45, 7) is 0.282. The highest BCUT2D eigenvalue weighted by molar-refractivity contribution is 5.59. The monoisotopic (exact) mass is 213 g/mol. The van der Waals surface area contributed by atoms with E-state index in [0.29, 0.717) is 18.7 Å². The molecule has 0 heterocycles. The van der Waals surface area contributed by atoms with Gasteiger partial charge in [-0.2, -0.15) is 0 Å². The summed E-state index contributed by atoms with van der Waals surface area (Å²) in [5.74, 6) is 1.44. The molecule has 0 aliphatic rings. The van der Waals surface area contributed by atoms with Crippen LogP contribution in [0.3, 0.4) is 0 Å². The second-order valence-electron chi connectivity index (χ2n) is 3.04. The number of ether oxygens (including phenoxy) is 2. The minimum Gasteiger partial charge on any atom is -0.497 e. The van der Waals surface area contributed by atoms with Gasteiger partial charge in [0.05, 0.1) is 26.6 Å². The molecule has 4 heteroatoms. The Morgan fingerprint density at radius 3 is 2.67 bits per heavy atom. The highest BCUT2D eigenvalue weighted by atomic mass is 19.1. The van der Waals surface area contributed by atoms with E-state index in [9.17, 15) is 4.39 Å². The lowest BCUT2D eigenvalue weighted by molar-refractivity contribution is 0.395. The molecule has 1 aromatic rings. The molecule has 1 rings (SSSR count). The van der Waals surface area contributed by atoms with E-state index in [2.05, 4.69) is 5.32 Å². The Morgan fingerprint density at radius 2 is 2.07 bits per heavy atom. The zero-order valence-corrected chi connectivity index (χ0v) is 9.05. The zero-order valence-electron chi connectivity index (χ0n) is 9.05. The van der Waals surface area contributed by atoms with Gasteiger partial charge >= 0.3 is 0 Å². The van der Waals surface area contributed by atoms with Crippen LogP contribution in [0.1, 0.15) is 6.42 Å². The second-order valence-corrected chi connectivity index (χ2v) is 3.04. The molecule has 0 amide bonds. The maximum Gasteiger partial charge on any atom is 0.145 e. The first-order valence-corrected chi connectivity index (χ1v) is 4.83. The summed E-state index contributed by atoms with van der Waals surface area (Å²) in [6, 6.07) is 5.48. The Bertz CT molecular complexity index is 305. The van der Waals surface area contributed by atoms with Crippen molar-refractivity contribution in [1.82, 2.24) is 0 Å². The van der Waals surface area contributed by atoms with E-state index >= 15 is 0 Å². The number of methoxy groups -OCH3 is 2. The lowest BCUT2D eigenvalue weighted by Gasteiger charge is -2.11. The lowest BCUT2D eigenvalue weighted by Crippen LogP contribution is -2.03. The van der Waals surface area contributed by atoms with Crippen molar-refractivity contribution in [2.45, 2.75) is 6.42 Å². The molecule has 1 N–H and O–H groups in total. The fourth-order valence-corrected chi connectivity index (χ4v) is 1.23. The van der Waals surface area contributed by atoms with Gasteiger partial charge < -0.3 is 14.8 Å². The largest absolute Gasteiger partial charge is 0.497 e. The van der Waals surface area contributed by atoms with Crippen LogP contribution in [0.2, 0.25) is 0 Å². The van der Waals surface area contributed by atoms with Crippen molar-refractivity contribution in [3.63, 3.8) is 0 Å². The Hall–Kier alpha value is -1.45. The molecule has 0 aliphatic carbocycles. The van der Waals surface area contributed by atoms with Crippen LogP contribution in [0.25, 0.3) is 0 Å². The summed E-state index contributed by atoms with van der Waals surface area (Å²) in [6.07, 6.45) is 0.495. The minimum absolute atomic E-state index is 0.314. The van der Waals surface area contributed by atoms with E-state index in [0.717, 1.165) is 11.4 Å². The van der Waals surface area contributed by atoms with Crippen molar-refractivity contribution >= 4 is 5.69 Å². The number of alkyl halides is 1. The molecule has 0 unspecified atom stereocenters. The number of benzene rings is 1. The van der Waals surface area contributed by atoms with Gasteiger partial charge in [0.15, 0.2) is 0 Å². The number of hydrogen-bond donors (Lipinski definition) is 1. The third kappa shape index (κ3) is 3.31. The van der Waals surface area contributed by atoms with Gasteiger partial charge in [0.1, 0.15) is 11.5 Å². The summed E-state index contributed by atoms with van der Waals surface area (Å²) in [5, 5.41) is 3.10. The Morgan fingerprint density at radius 1 is 1.27 bits per heavy atom. The molecule has 0 bridgehead atoms. The van der Waals surface area contributed by atoms with E-state index in [4.69, 9.17) is 9.47 Å². The molecule has 0 spiro atoms. The average molecular weight is 213 g/mol. The van der Waals surface area contributed by atoms with Gasteiger partial charge in [-0.05, 0) is 18.6 Å². The molecule has 1 aromatic carbocycles. The van der Waals surface area contributed by atoms with Crippen LogP contribution in [0.4, 0.5) is 10.1 Å². The lowest BCUT2D eigenvalue weighted by atomic mass is 10.2. The van der Waals surface area contributed by atoms with Gasteiger partial charge in [0.25, 0.3) is 0 Å². The van der Waals surface area contributed by atoms with Crippen LogP contribution < -0.4 is 14.8 Å². The van der Waals surface area contributed by atoms with Gasteiger partial charge in [-0.1, -0.05) is 0 Å². The Kier molecular flexibility index (Phi) is 4.74. The van der Waals surface area contributed by atoms with Crippen LogP contribution in [0.5, 0.6) is 11.5 Å². The van der Waals surface area contributed by atoms with E-state index in [-0.39, 0.29) is 6.67 Å². The topological polar surface area (TPSA) is 30.5 Å². The van der Waals surface area contributed by atoms with Crippen molar-refractivity contribution in [2.75, 3.05) is 32.8 Å². The van der Waals surface area contributed by atoms with Crippen LogP contribution >= 0.6 is 0 Å². The van der Waals surface area contributed by atoms with Crippen molar-refractivity contribution in [1.29, 1.82) is 0 Å². The third-order valence-electron chi connectivity index (χ3n) is 2.03. The summed E-state index contributed by atoms with van der Waals surface area (Å²) in [4.78, 5) is 0. The molecule has 0 fully saturated rings. The minimum atomic E-state index is -0.314. The predicted octanol–water partition coefficient (Wildman–Crippen LogP) is 2.48. The van der Waals surface area contributed by atoms with Gasteiger partial charge in [-0.3, -0.25) is 4.39 Å². The van der Waals surface area contributed by atoms with Crippen molar-refractivity contribution in [3.05, 3.63) is 18.2 Å². The maximum atomic E-state index is 11.9. The molecule has 15 heavy (non-hydrogen) atoms. The fourth-order valence-electron chi connectivity index (χ4n) is 1.23. The molecular weight excluding hydrogens is 197 g/mol. The first kappa shape index (κ1) is 11.6. The SMILES string of the molecule is COc1ccc(NCCCF)c(OC)c1. The average Bonchev–Trinajstić information content (AvgIpc) is 2.29. The first-order valence-electron chi connectivity index (χ1n) is 4.83. The van der Waals surface area contributed by atoms with Gasteiger partial charge in [-0.15, -0.1) is 0 Å². The summed E-state index contributed by atoms with van der Waals surface area (Å²) < 4.78 is 22.2. The molecule has 0 radical (unpaired) electrons. The number of halogens is 1. The summed E-state index contributed by atoms with van der Waals surface area (Å²) in [5.41, 5.74) is 0.853. The summed E-state index contributed by atoms with van der Waals surface area (Å²) >= 11 is 0. The highest BCUT2D eigenvalue weighted by Gasteiger charge is 2.03. The van der Waals surface area contributed by atoms with E-state index in [1.54, 1.807) is 20.3 Å². The molecule has 0 saturated heterocycles. The predicted molar refractivity (Wildman–Crippen MR) is 58.6 cm³/mol. The molecular formula is C11H16FNO2. The number of rotatable bonds is 6. The van der Waals surface area contributed by atoms with Crippen LogP contribution in [0, 0.1) is 0 Å². The number of nitrogens with one attached hydrogen (secondary N) is 1. The van der Waals surface area contributed by atoms with Crippen LogP contribution in [0.15, 0.2) is 18.2 Å². The number of anilines is 1. The van der Waals surface area contributed by atoms with E-state index in [1.807, 2.05) is 12.1 Å². The van der Waals surface area contributed by atoms with Crippen LogP contribution in [-0.4, -0.2) is 27.4 Å². The standard InChI is InChI=1S/C11H16FNO2/c1-14-9-4-5-10(11(8-9)15-2)13-7-3-6-12/h4-5,8,13H,3,6-7H2,1-2H3. The molecule has 3 nitrogen and oxygen atoms in total. The van der Waals surface area contributed by atoms with E-state index < -0.39 is 0 Å².